The SMILES string of the molecule is Cc1cc2nc(-c3cc(NC(=O)C(C)(C)C)cc(C)c3O)oc2cc1C. The van der Waals surface area contributed by atoms with Crippen LogP contribution in [0.15, 0.2) is 28.7 Å². The molecular weight excluding hydrogens is 328 g/mol. The minimum Gasteiger partial charge on any atom is -0.507 e. The zero-order valence-electron chi connectivity index (χ0n) is 16.0. The van der Waals surface area contributed by atoms with Gasteiger partial charge < -0.3 is 14.8 Å². The van der Waals surface area contributed by atoms with Crippen molar-refractivity contribution in [3.05, 3.63) is 41.0 Å². The van der Waals surface area contributed by atoms with Crippen molar-refractivity contribution in [2.75, 3.05) is 5.32 Å². The number of nitrogens with one attached hydrogen (secondary N) is 1. The van der Waals surface area contributed by atoms with Gasteiger partial charge in [0, 0.05) is 11.1 Å². The first-order chi connectivity index (χ1) is 12.1. The monoisotopic (exact) mass is 352 g/mol. The predicted octanol–water partition coefficient (Wildman–Crippen LogP) is 5.11. The van der Waals surface area contributed by atoms with Gasteiger partial charge in [0.2, 0.25) is 11.8 Å². The van der Waals surface area contributed by atoms with Crippen LogP contribution in [0.1, 0.15) is 37.5 Å². The average Bonchev–Trinajstić information content (AvgIpc) is 2.92. The van der Waals surface area contributed by atoms with Crippen LogP contribution in [-0.2, 0) is 4.79 Å². The number of oxazole rings is 1. The number of amides is 1. The summed E-state index contributed by atoms with van der Waals surface area (Å²) in [5.74, 6) is 0.327. The third-order valence-electron chi connectivity index (χ3n) is 4.47. The van der Waals surface area contributed by atoms with Gasteiger partial charge in [-0.1, -0.05) is 20.8 Å². The summed E-state index contributed by atoms with van der Waals surface area (Å²) < 4.78 is 5.87. The fourth-order valence-electron chi connectivity index (χ4n) is 2.63. The van der Waals surface area contributed by atoms with Gasteiger partial charge in [0.15, 0.2) is 5.58 Å². The summed E-state index contributed by atoms with van der Waals surface area (Å²) in [7, 11) is 0. The second-order valence-electron chi connectivity index (χ2n) is 7.82. The Morgan fingerprint density at radius 1 is 1.04 bits per heavy atom. The zero-order valence-corrected chi connectivity index (χ0v) is 16.0. The summed E-state index contributed by atoms with van der Waals surface area (Å²) in [6, 6.07) is 7.33. The molecule has 2 aromatic carbocycles. The Bertz CT molecular complexity index is 971. The van der Waals surface area contributed by atoms with E-state index in [1.807, 2.05) is 46.8 Å². The quantitative estimate of drug-likeness (QED) is 0.628. The Labute approximate surface area is 153 Å². The molecule has 0 unspecified atom stereocenters. The molecule has 2 N–H and O–H groups in total. The van der Waals surface area contributed by atoms with Crippen LogP contribution in [0.4, 0.5) is 5.69 Å². The van der Waals surface area contributed by atoms with Crippen molar-refractivity contribution in [3.63, 3.8) is 0 Å². The van der Waals surface area contributed by atoms with E-state index >= 15 is 0 Å². The molecule has 0 aliphatic carbocycles. The van der Waals surface area contributed by atoms with Gasteiger partial charge in [-0.05, 0) is 61.7 Å². The van der Waals surface area contributed by atoms with E-state index in [4.69, 9.17) is 4.42 Å². The molecule has 1 amide bonds. The number of phenolic OH excluding ortho intramolecular Hbond substituents is 1. The number of aromatic hydroxyl groups is 1. The maximum atomic E-state index is 12.3. The lowest BCUT2D eigenvalue weighted by Crippen LogP contribution is -2.27. The Hall–Kier alpha value is -2.82. The van der Waals surface area contributed by atoms with Crippen molar-refractivity contribution in [1.82, 2.24) is 4.98 Å². The third kappa shape index (κ3) is 3.29. The van der Waals surface area contributed by atoms with E-state index in [1.54, 1.807) is 19.1 Å². The molecule has 0 fully saturated rings. The number of aryl methyl sites for hydroxylation is 3. The number of fused-ring (bicyclic) bond motifs is 1. The highest BCUT2D eigenvalue weighted by Gasteiger charge is 2.22. The van der Waals surface area contributed by atoms with Crippen molar-refractivity contribution in [2.24, 2.45) is 5.41 Å². The van der Waals surface area contributed by atoms with Crippen LogP contribution in [0.3, 0.4) is 0 Å². The Kier molecular flexibility index (Phi) is 4.26. The van der Waals surface area contributed by atoms with Crippen LogP contribution in [0.5, 0.6) is 5.75 Å². The van der Waals surface area contributed by atoms with E-state index in [0.29, 0.717) is 28.3 Å². The maximum absolute atomic E-state index is 12.3. The number of aromatic nitrogens is 1. The van der Waals surface area contributed by atoms with Gasteiger partial charge in [-0.2, -0.15) is 0 Å². The molecule has 0 aliphatic heterocycles. The number of phenols is 1. The minimum atomic E-state index is -0.515. The number of nitrogens with zero attached hydrogens (tertiary/aromatic N) is 1. The lowest BCUT2D eigenvalue weighted by Gasteiger charge is -2.18. The Morgan fingerprint density at radius 3 is 2.35 bits per heavy atom. The number of rotatable bonds is 2. The Balaban J connectivity index is 2.08. The second-order valence-corrected chi connectivity index (χ2v) is 7.82. The van der Waals surface area contributed by atoms with Gasteiger partial charge >= 0.3 is 0 Å². The summed E-state index contributed by atoms with van der Waals surface area (Å²) in [4.78, 5) is 16.8. The summed E-state index contributed by atoms with van der Waals surface area (Å²) in [6.07, 6.45) is 0. The highest BCUT2D eigenvalue weighted by molar-refractivity contribution is 5.95. The van der Waals surface area contributed by atoms with Gasteiger partial charge in [0.1, 0.15) is 11.3 Å². The number of benzene rings is 2. The van der Waals surface area contributed by atoms with E-state index in [0.717, 1.165) is 16.6 Å². The van der Waals surface area contributed by atoms with Crippen molar-refractivity contribution in [2.45, 2.75) is 41.5 Å². The van der Waals surface area contributed by atoms with Crippen LogP contribution < -0.4 is 5.32 Å². The molecule has 0 spiro atoms. The molecule has 0 aliphatic rings. The smallest absolute Gasteiger partial charge is 0.231 e. The number of anilines is 1. The molecule has 5 nitrogen and oxygen atoms in total. The summed E-state index contributed by atoms with van der Waals surface area (Å²) in [5.41, 5.74) is 4.84. The lowest BCUT2D eigenvalue weighted by molar-refractivity contribution is -0.123. The van der Waals surface area contributed by atoms with Crippen molar-refractivity contribution >= 4 is 22.7 Å². The topological polar surface area (TPSA) is 75.4 Å². The van der Waals surface area contributed by atoms with E-state index in [2.05, 4.69) is 10.3 Å². The van der Waals surface area contributed by atoms with Gasteiger partial charge in [-0.25, -0.2) is 4.98 Å². The molecule has 3 aromatic rings. The largest absolute Gasteiger partial charge is 0.507 e. The zero-order chi connectivity index (χ0) is 19.2. The number of hydrogen-bond acceptors (Lipinski definition) is 4. The molecule has 0 saturated heterocycles. The van der Waals surface area contributed by atoms with Crippen LogP contribution in [0.2, 0.25) is 0 Å². The normalized spacial score (nSPS) is 11.8. The van der Waals surface area contributed by atoms with Gasteiger partial charge in [-0.3, -0.25) is 4.79 Å². The van der Waals surface area contributed by atoms with Crippen LogP contribution in [0, 0.1) is 26.2 Å². The van der Waals surface area contributed by atoms with Crippen molar-refractivity contribution in [3.8, 4) is 17.2 Å². The lowest BCUT2D eigenvalue weighted by atomic mass is 9.95. The highest BCUT2D eigenvalue weighted by Crippen LogP contribution is 2.36. The van der Waals surface area contributed by atoms with Crippen molar-refractivity contribution < 1.29 is 14.3 Å². The first-order valence-electron chi connectivity index (χ1n) is 8.59. The standard InChI is InChI=1S/C21H24N2O3/c1-11-8-16-17(9-12(11)2)26-19(23-16)15-10-14(7-13(3)18(15)24)22-20(25)21(4,5)6/h7-10,24H,1-6H3,(H,22,25). The van der Waals surface area contributed by atoms with E-state index in [1.165, 1.54) is 0 Å². The first-order valence-corrected chi connectivity index (χ1v) is 8.59. The first kappa shape index (κ1) is 18.0. The van der Waals surface area contributed by atoms with Crippen LogP contribution in [-0.4, -0.2) is 16.0 Å². The summed E-state index contributed by atoms with van der Waals surface area (Å²) >= 11 is 0. The highest BCUT2D eigenvalue weighted by atomic mass is 16.3. The summed E-state index contributed by atoms with van der Waals surface area (Å²) in [6.45, 7) is 11.4. The maximum Gasteiger partial charge on any atom is 0.231 e. The number of hydrogen-bond donors (Lipinski definition) is 2. The molecular formula is C21H24N2O3. The van der Waals surface area contributed by atoms with E-state index < -0.39 is 5.41 Å². The van der Waals surface area contributed by atoms with E-state index in [-0.39, 0.29) is 11.7 Å². The molecule has 0 atom stereocenters. The minimum absolute atomic E-state index is 0.0961. The van der Waals surface area contributed by atoms with Crippen LogP contribution >= 0.6 is 0 Å². The molecule has 0 saturated carbocycles. The van der Waals surface area contributed by atoms with Crippen LogP contribution in [0.25, 0.3) is 22.6 Å². The predicted molar refractivity (Wildman–Crippen MR) is 103 cm³/mol. The molecule has 0 radical (unpaired) electrons. The average molecular weight is 352 g/mol. The molecule has 26 heavy (non-hydrogen) atoms. The Morgan fingerprint density at radius 2 is 1.69 bits per heavy atom. The summed E-state index contributed by atoms with van der Waals surface area (Å²) in [5, 5.41) is 13.4. The molecule has 1 aromatic heterocycles. The molecule has 136 valence electrons. The molecule has 1 heterocycles. The molecule has 3 rings (SSSR count). The number of carbonyl (C=O) groups is 1. The second kappa shape index (κ2) is 6.16. The van der Waals surface area contributed by atoms with Gasteiger partial charge in [0.25, 0.3) is 0 Å². The fourth-order valence-corrected chi connectivity index (χ4v) is 2.63. The van der Waals surface area contributed by atoms with Gasteiger partial charge in [0.05, 0.1) is 5.56 Å². The third-order valence-corrected chi connectivity index (χ3v) is 4.47. The number of carbonyl (C=O) groups excluding carboxylic acids is 1. The molecule has 0 bridgehead atoms. The molecule has 5 heteroatoms. The van der Waals surface area contributed by atoms with Crippen molar-refractivity contribution in [1.29, 1.82) is 0 Å². The fraction of sp³-hybridized carbons (Fsp3) is 0.333. The van der Waals surface area contributed by atoms with E-state index in [9.17, 15) is 9.90 Å². The van der Waals surface area contributed by atoms with Gasteiger partial charge in [-0.15, -0.1) is 0 Å².